The Morgan fingerprint density at radius 2 is 1.02 bits per heavy atom. The first-order chi connectivity index (χ1) is 29.9. The van der Waals surface area contributed by atoms with Crippen LogP contribution in [0.5, 0.6) is 0 Å². The molecule has 8 aromatic carbocycles. The van der Waals surface area contributed by atoms with Gasteiger partial charge in [-0.3, -0.25) is 0 Å². The molecule has 2 heterocycles. The van der Waals surface area contributed by atoms with Crippen LogP contribution in [-0.4, -0.2) is 14.7 Å². The maximum atomic E-state index is 2.58. The minimum absolute atomic E-state index is 0.171. The van der Waals surface area contributed by atoms with Crippen LogP contribution in [0.1, 0.15) is 38.3 Å². The summed E-state index contributed by atoms with van der Waals surface area (Å²) < 4.78 is 4.94. The highest BCUT2D eigenvalue weighted by atomic mass is 15.2. The summed E-state index contributed by atoms with van der Waals surface area (Å²) in [5.74, 6) is 0. The van der Waals surface area contributed by atoms with E-state index in [0.717, 1.165) is 12.1 Å². The van der Waals surface area contributed by atoms with Crippen LogP contribution in [0.15, 0.2) is 212 Å². The van der Waals surface area contributed by atoms with Crippen molar-refractivity contribution in [1.82, 2.24) is 9.13 Å². The minimum Gasteiger partial charge on any atom is -0.332 e. The first-order valence-electron chi connectivity index (χ1n) is 21.5. The highest BCUT2D eigenvalue weighted by Crippen LogP contribution is 2.56. The Kier molecular flexibility index (Phi) is 7.77. The van der Waals surface area contributed by atoms with Crippen molar-refractivity contribution in [3.63, 3.8) is 0 Å². The van der Waals surface area contributed by atoms with Gasteiger partial charge in [0.05, 0.1) is 33.3 Å². The maximum Gasteiger partial charge on any atom is 0.0646 e. The van der Waals surface area contributed by atoms with Crippen LogP contribution in [0.3, 0.4) is 0 Å². The lowest BCUT2D eigenvalue weighted by Gasteiger charge is -2.45. The molecule has 0 saturated carbocycles. The van der Waals surface area contributed by atoms with Crippen LogP contribution in [-0.2, 0) is 5.41 Å². The molecule has 0 N–H and O–H groups in total. The van der Waals surface area contributed by atoms with E-state index in [0.29, 0.717) is 0 Å². The molecule has 0 aliphatic heterocycles. The Labute approximate surface area is 356 Å². The van der Waals surface area contributed by atoms with Crippen LogP contribution >= 0.6 is 0 Å². The third-order valence-electron chi connectivity index (χ3n) is 13.7. The fraction of sp³-hybridized carbons (Fsp3) is 0.103. The molecule has 0 fully saturated rings. The topological polar surface area (TPSA) is 13.1 Å². The molecule has 1 atom stereocenters. The van der Waals surface area contributed by atoms with Crippen molar-refractivity contribution in [1.29, 1.82) is 0 Å². The number of nitrogens with zero attached hydrogens (tertiary/aromatic N) is 3. The Morgan fingerprint density at radius 3 is 1.67 bits per heavy atom. The number of hydrogen-bond acceptors (Lipinski definition) is 1. The van der Waals surface area contributed by atoms with Gasteiger partial charge >= 0.3 is 0 Å². The lowest BCUT2D eigenvalue weighted by atomic mass is 9.73. The number of rotatable bonds is 6. The van der Waals surface area contributed by atoms with Crippen molar-refractivity contribution >= 4 is 60.6 Å². The Balaban J connectivity index is 1.01. The molecule has 2 aliphatic rings. The molecular weight excluding hydrogens is 739 g/mol. The molecule has 0 amide bonds. The molecule has 3 heteroatoms. The smallest absolute Gasteiger partial charge is 0.0646 e. The van der Waals surface area contributed by atoms with E-state index in [2.05, 4.69) is 241 Å². The number of benzene rings is 8. The molecule has 0 bridgehead atoms. The van der Waals surface area contributed by atoms with E-state index < -0.39 is 0 Å². The van der Waals surface area contributed by atoms with E-state index >= 15 is 0 Å². The van der Waals surface area contributed by atoms with Gasteiger partial charge < -0.3 is 14.0 Å². The number of hydrogen-bond donors (Lipinski definition) is 0. The second-order valence-corrected chi connectivity index (χ2v) is 17.6. The number of aromatic nitrogens is 2. The van der Waals surface area contributed by atoms with Gasteiger partial charge in [0.1, 0.15) is 0 Å². The summed E-state index contributed by atoms with van der Waals surface area (Å²) in [7, 11) is 0. The van der Waals surface area contributed by atoms with Gasteiger partial charge in [-0.15, -0.1) is 0 Å². The average Bonchev–Trinajstić information content (AvgIpc) is 3.90. The van der Waals surface area contributed by atoms with Crippen molar-refractivity contribution in [2.75, 3.05) is 4.90 Å². The van der Waals surface area contributed by atoms with E-state index in [1.165, 1.54) is 94.1 Å². The van der Waals surface area contributed by atoms with Crippen molar-refractivity contribution in [3.05, 3.63) is 223 Å². The second kappa shape index (κ2) is 13.3. The van der Waals surface area contributed by atoms with Gasteiger partial charge in [0.15, 0.2) is 0 Å². The van der Waals surface area contributed by atoms with Crippen LogP contribution in [0.4, 0.5) is 11.4 Å². The summed E-state index contributed by atoms with van der Waals surface area (Å²) in [5.41, 5.74) is 17.1. The second-order valence-electron chi connectivity index (χ2n) is 17.6. The van der Waals surface area contributed by atoms with Crippen LogP contribution in [0, 0.1) is 0 Å². The molecule has 292 valence electrons. The largest absolute Gasteiger partial charge is 0.332 e. The van der Waals surface area contributed by atoms with E-state index in [9.17, 15) is 0 Å². The maximum absolute atomic E-state index is 2.58. The van der Waals surface area contributed by atoms with Crippen molar-refractivity contribution in [2.45, 2.75) is 38.1 Å². The number of fused-ring (bicyclic) bond motifs is 8. The van der Waals surface area contributed by atoms with Gasteiger partial charge in [-0.2, -0.15) is 0 Å². The van der Waals surface area contributed by atoms with Gasteiger partial charge in [0, 0.05) is 49.6 Å². The Bertz CT molecular complexity index is 3360. The predicted molar refractivity (Wildman–Crippen MR) is 258 cm³/mol. The van der Waals surface area contributed by atoms with Gasteiger partial charge in [-0.25, -0.2) is 0 Å². The molecule has 2 aromatic heterocycles. The van der Waals surface area contributed by atoms with Gasteiger partial charge in [-0.05, 0) is 102 Å². The highest BCUT2D eigenvalue weighted by molar-refractivity contribution is 6.11. The van der Waals surface area contributed by atoms with E-state index in [-0.39, 0.29) is 11.0 Å². The third kappa shape index (κ3) is 5.30. The third-order valence-corrected chi connectivity index (χ3v) is 13.7. The first-order valence-corrected chi connectivity index (χ1v) is 21.5. The predicted octanol–water partition coefficient (Wildman–Crippen LogP) is 15.1. The molecular formula is C58H45N3. The van der Waals surface area contributed by atoms with E-state index in [1.807, 2.05) is 0 Å². The average molecular weight is 784 g/mol. The summed E-state index contributed by atoms with van der Waals surface area (Å²) >= 11 is 0. The summed E-state index contributed by atoms with van der Waals surface area (Å²) in [4.78, 5) is 2.58. The molecule has 2 aliphatic carbocycles. The van der Waals surface area contributed by atoms with Crippen LogP contribution in [0.2, 0.25) is 0 Å². The van der Waals surface area contributed by atoms with Crippen LogP contribution < -0.4 is 4.90 Å². The Hall–Kier alpha value is -7.36. The number of anilines is 2. The zero-order chi connectivity index (χ0) is 40.9. The summed E-state index contributed by atoms with van der Waals surface area (Å²) in [5, 5.41) is 5.07. The molecule has 1 unspecified atom stereocenters. The van der Waals surface area contributed by atoms with Crippen molar-refractivity contribution < 1.29 is 0 Å². The van der Waals surface area contributed by atoms with E-state index in [1.54, 1.807) is 0 Å². The molecule has 0 saturated heterocycles. The fourth-order valence-electron chi connectivity index (χ4n) is 10.8. The van der Waals surface area contributed by atoms with Crippen LogP contribution in [0.25, 0.3) is 71.7 Å². The van der Waals surface area contributed by atoms with E-state index in [4.69, 9.17) is 0 Å². The molecule has 0 radical (unpaired) electrons. The monoisotopic (exact) mass is 783 g/mol. The van der Waals surface area contributed by atoms with Gasteiger partial charge in [-0.1, -0.05) is 159 Å². The van der Waals surface area contributed by atoms with Crippen molar-refractivity contribution in [2.24, 2.45) is 0 Å². The molecule has 12 rings (SSSR count). The minimum atomic E-state index is -0.367. The zero-order valence-corrected chi connectivity index (χ0v) is 34.7. The zero-order valence-electron chi connectivity index (χ0n) is 34.7. The lowest BCUT2D eigenvalue weighted by Crippen LogP contribution is -2.44. The number of allylic oxidation sites excluding steroid dienone is 2. The highest BCUT2D eigenvalue weighted by Gasteiger charge is 2.45. The van der Waals surface area contributed by atoms with Crippen molar-refractivity contribution in [3.8, 4) is 22.5 Å². The summed E-state index contributed by atoms with van der Waals surface area (Å²) in [6, 6.07) is 71.2. The fourth-order valence-corrected chi connectivity index (χ4v) is 10.8. The molecule has 61 heavy (non-hydrogen) atoms. The summed E-state index contributed by atoms with van der Waals surface area (Å²) in [6.07, 6.45) is 5.81. The lowest BCUT2D eigenvalue weighted by molar-refractivity contribution is 0.501. The SMILES string of the molecule is CC1(C)C2=C(C=CC(C)(N(c3ccccc3)c3ccc4c5ccccc5n(-c5ccc(-c6ccccc6)cc5)c4c3)C2)c2c(-n3c4ccccc4c4ccccc43)cccc21. The normalized spacial score (nSPS) is 16.8. The molecule has 0 spiro atoms. The quantitative estimate of drug-likeness (QED) is 0.164. The van der Waals surface area contributed by atoms with Gasteiger partial charge in [0.2, 0.25) is 0 Å². The van der Waals surface area contributed by atoms with Gasteiger partial charge in [0.25, 0.3) is 0 Å². The number of para-hydroxylation sites is 4. The molecule has 10 aromatic rings. The summed E-state index contributed by atoms with van der Waals surface area (Å²) in [6.45, 7) is 7.29. The Morgan fingerprint density at radius 1 is 0.459 bits per heavy atom. The molecule has 3 nitrogen and oxygen atoms in total. The standard InChI is InChI=1S/C58H45N3/c1-57(2)49-24-16-28-54(60-52-26-14-11-21-44(52)45-22-12-15-27-53(45)60)56(49)48-35-36-58(3,38-50(48)57)61(42-19-8-5-9-20-42)43-33-34-47-46-23-10-13-25-51(46)59(55(47)37-43)41-31-29-40(30-32-41)39-17-6-4-7-18-39/h4-37H,38H2,1-3H3. The first kappa shape index (κ1) is 35.6.